The van der Waals surface area contributed by atoms with E-state index in [-0.39, 0.29) is 6.03 Å². The quantitative estimate of drug-likeness (QED) is 0.789. The minimum atomic E-state index is -0.112. The Balaban J connectivity index is 1.80. The summed E-state index contributed by atoms with van der Waals surface area (Å²) in [4.78, 5) is 12.0. The fraction of sp³-hybridized carbons (Fsp3) is 0.562. The molecule has 1 fully saturated rings. The maximum absolute atomic E-state index is 12.0. The van der Waals surface area contributed by atoms with E-state index in [0.717, 1.165) is 30.0 Å². The van der Waals surface area contributed by atoms with Crippen molar-refractivity contribution in [2.45, 2.75) is 51.6 Å². The number of carbonyl (C=O) groups excluding carboxylic acids is 1. The van der Waals surface area contributed by atoms with Gasteiger partial charge in [-0.3, -0.25) is 0 Å². The van der Waals surface area contributed by atoms with Crippen LogP contribution in [-0.4, -0.2) is 12.1 Å². The lowest BCUT2D eigenvalue weighted by molar-refractivity contribution is 0.237. The second kappa shape index (κ2) is 7.29. The first-order valence-corrected chi connectivity index (χ1v) is 7.57. The zero-order valence-electron chi connectivity index (χ0n) is 12.2. The van der Waals surface area contributed by atoms with Gasteiger partial charge in [0, 0.05) is 18.3 Å². The summed E-state index contributed by atoms with van der Waals surface area (Å²) in [7, 11) is 0. The number of rotatable bonds is 4. The fourth-order valence-electron chi connectivity index (χ4n) is 2.84. The van der Waals surface area contributed by atoms with Gasteiger partial charge in [0.15, 0.2) is 0 Å². The van der Waals surface area contributed by atoms with Crippen molar-refractivity contribution in [3.8, 4) is 0 Å². The van der Waals surface area contributed by atoms with Crippen LogP contribution in [0.1, 0.15) is 44.6 Å². The predicted octanol–water partition coefficient (Wildman–Crippen LogP) is 3.24. The van der Waals surface area contributed by atoms with Gasteiger partial charge in [-0.2, -0.15) is 0 Å². The molecule has 4 heteroatoms. The van der Waals surface area contributed by atoms with Crippen molar-refractivity contribution >= 4 is 11.7 Å². The van der Waals surface area contributed by atoms with Crippen LogP contribution in [0.3, 0.4) is 0 Å². The molecular weight excluding hydrogens is 250 g/mol. The van der Waals surface area contributed by atoms with Crippen molar-refractivity contribution in [2.24, 2.45) is 11.7 Å². The summed E-state index contributed by atoms with van der Waals surface area (Å²) in [5, 5.41) is 5.95. The second-order valence-corrected chi connectivity index (χ2v) is 5.63. The summed E-state index contributed by atoms with van der Waals surface area (Å²) in [6.45, 7) is 2.73. The lowest BCUT2D eigenvalue weighted by Crippen LogP contribution is -2.40. The molecule has 2 amide bonds. The van der Waals surface area contributed by atoms with Crippen LogP contribution in [0, 0.1) is 5.92 Å². The Kier molecular flexibility index (Phi) is 5.41. The normalized spacial score (nSPS) is 22.3. The number of nitrogens with one attached hydrogen (secondary N) is 2. The van der Waals surface area contributed by atoms with Crippen molar-refractivity contribution in [3.05, 3.63) is 29.8 Å². The summed E-state index contributed by atoms with van der Waals surface area (Å²) in [5.41, 5.74) is 7.42. The molecule has 2 rings (SSSR count). The van der Waals surface area contributed by atoms with Crippen LogP contribution in [0.5, 0.6) is 0 Å². The van der Waals surface area contributed by atoms with Crippen LogP contribution in [-0.2, 0) is 6.54 Å². The molecule has 0 radical (unpaired) electrons. The van der Waals surface area contributed by atoms with Crippen molar-refractivity contribution in [1.29, 1.82) is 0 Å². The van der Waals surface area contributed by atoms with E-state index in [1.54, 1.807) is 0 Å². The summed E-state index contributed by atoms with van der Waals surface area (Å²) in [6, 6.07) is 7.86. The third kappa shape index (κ3) is 4.23. The Morgan fingerprint density at radius 2 is 2.05 bits per heavy atom. The van der Waals surface area contributed by atoms with Crippen molar-refractivity contribution < 1.29 is 4.79 Å². The number of urea groups is 1. The minimum absolute atomic E-state index is 0.112. The highest BCUT2D eigenvalue weighted by molar-refractivity contribution is 5.89. The predicted molar refractivity (Wildman–Crippen MR) is 82.5 cm³/mol. The highest BCUT2D eigenvalue weighted by Crippen LogP contribution is 2.26. The standard InChI is InChI=1S/C16H25N3O/c1-2-12-6-8-14(9-7-12)18-16(20)19-15-5-3-4-13(10-15)11-17/h3-5,10,12,14H,2,6-9,11,17H2,1H3,(H2,18,19,20). The Morgan fingerprint density at radius 1 is 1.30 bits per heavy atom. The molecule has 0 bridgehead atoms. The van der Waals surface area contributed by atoms with E-state index in [0.29, 0.717) is 12.6 Å². The first kappa shape index (κ1) is 14.9. The minimum Gasteiger partial charge on any atom is -0.335 e. The molecule has 0 heterocycles. The Bertz CT molecular complexity index is 439. The highest BCUT2D eigenvalue weighted by Gasteiger charge is 2.21. The lowest BCUT2D eigenvalue weighted by Gasteiger charge is -2.28. The van der Waals surface area contributed by atoms with Crippen LogP contribution in [0.15, 0.2) is 24.3 Å². The van der Waals surface area contributed by atoms with Gasteiger partial charge in [-0.1, -0.05) is 25.5 Å². The maximum Gasteiger partial charge on any atom is 0.319 e. The van der Waals surface area contributed by atoms with Crippen LogP contribution < -0.4 is 16.4 Å². The number of anilines is 1. The van der Waals surface area contributed by atoms with E-state index in [4.69, 9.17) is 5.73 Å². The van der Waals surface area contributed by atoms with Gasteiger partial charge in [0.2, 0.25) is 0 Å². The average molecular weight is 275 g/mol. The van der Waals surface area contributed by atoms with Gasteiger partial charge in [-0.25, -0.2) is 4.79 Å². The van der Waals surface area contributed by atoms with Gasteiger partial charge in [-0.15, -0.1) is 0 Å². The molecule has 1 aromatic rings. The van der Waals surface area contributed by atoms with E-state index in [2.05, 4.69) is 17.6 Å². The average Bonchev–Trinajstić information content (AvgIpc) is 2.48. The van der Waals surface area contributed by atoms with E-state index in [1.165, 1.54) is 19.3 Å². The molecule has 1 aliphatic carbocycles. The molecule has 4 nitrogen and oxygen atoms in total. The Labute approximate surface area is 121 Å². The Hall–Kier alpha value is -1.55. The number of amides is 2. The van der Waals surface area contributed by atoms with Crippen molar-refractivity contribution in [1.82, 2.24) is 5.32 Å². The van der Waals surface area contributed by atoms with Gasteiger partial charge in [-0.05, 0) is 49.3 Å². The largest absolute Gasteiger partial charge is 0.335 e. The first-order valence-electron chi connectivity index (χ1n) is 7.57. The SMILES string of the molecule is CCC1CCC(NC(=O)Nc2cccc(CN)c2)CC1. The third-order valence-electron chi connectivity index (χ3n) is 4.18. The zero-order chi connectivity index (χ0) is 14.4. The van der Waals surface area contributed by atoms with Crippen LogP contribution in [0.2, 0.25) is 0 Å². The molecule has 0 spiro atoms. The van der Waals surface area contributed by atoms with Crippen LogP contribution in [0.4, 0.5) is 10.5 Å². The van der Waals surface area contributed by atoms with Gasteiger partial charge in [0.05, 0.1) is 0 Å². The molecule has 0 saturated heterocycles. The molecule has 1 saturated carbocycles. The number of nitrogens with two attached hydrogens (primary N) is 1. The molecular formula is C16H25N3O. The number of hydrogen-bond donors (Lipinski definition) is 3. The summed E-state index contributed by atoms with van der Waals surface area (Å²) in [6.07, 6.45) is 5.89. The van der Waals surface area contributed by atoms with Crippen LogP contribution in [0.25, 0.3) is 0 Å². The molecule has 0 aromatic heterocycles. The highest BCUT2D eigenvalue weighted by atomic mass is 16.2. The van der Waals surface area contributed by atoms with Gasteiger partial charge in [0.1, 0.15) is 0 Å². The van der Waals surface area contributed by atoms with Crippen molar-refractivity contribution in [3.63, 3.8) is 0 Å². The third-order valence-corrected chi connectivity index (χ3v) is 4.18. The van der Waals surface area contributed by atoms with E-state index >= 15 is 0 Å². The molecule has 1 aromatic carbocycles. The number of hydrogen-bond acceptors (Lipinski definition) is 2. The number of carbonyl (C=O) groups is 1. The second-order valence-electron chi connectivity index (χ2n) is 5.63. The molecule has 20 heavy (non-hydrogen) atoms. The molecule has 0 aliphatic heterocycles. The molecule has 0 unspecified atom stereocenters. The molecule has 110 valence electrons. The monoisotopic (exact) mass is 275 g/mol. The lowest BCUT2D eigenvalue weighted by atomic mass is 9.85. The number of benzene rings is 1. The van der Waals surface area contributed by atoms with Gasteiger partial charge in [0.25, 0.3) is 0 Å². The Morgan fingerprint density at radius 3 is 2.70 bits per heavy atom. The summed E-state index contributed by atoms with van der Waals surface area (Å²) >= 11 is 0. The van der Waals surface area contributed by atoms with E-state index < -0.39 is 0 Å². The smallest absolute Gasteiger partial charge is 0.319 e. The van der Waals surface area contributed by atoms with Gasteiger partial charge < -0.3 is 16.4 Å². The first-order chi connectivity index (χ1) is 9.71. The topological polar surface area (TPSA) is 67.2 Å². The van der Waals surface area contributed by atoms with E-state index in [9.17, 15) is 4.79 Å². The van der Waals surface area contributed by atoms with Crippen LogP contribution >= 0.6 is 0 Å². The van der Waals surface area contributed by atoms with E-state index in [1.807, 2.05) is 24.3 Å². The zero-order valence-corrected chi connectivity index (χ0v) is 12.2. The molecule has 4 N–H and O–H groups in total. The van der Waals surface area contributed by atoms with Crippen molar-refractivity contribution in [2.75, 3.05) is 5.32 Å². The maximum atomic E-state index is 12.0. The summed E-state index contributed by atoms with van der Waals surface area (Å²) in [5.74, 6) is 0.845. The molecule has 1 aliphatic rings. The van der Waals surface area contributed by atoms with Gasteiger partial charge >= 0.3 is 6.03 Å². The molecule has 0 atom stereocenters. The fourth-order valence-corrected chi connectivity index (χ4v) is 2.84. The summed E-state index contributed by atoms with van der Waals surface area (Å²) < 4.78 is 0.